The summed E-state index contributed by atoms with van der Waals surface area (Å²) in [6.45, 7) is 0. The highest BCUT2D eigenvalue weighted by Gasteiger charge is 2.04. The zero-order valence-electron chi connectivity index (χ0n) is 8.65. The highest BCUT2D eigenvalue weighted by molar-refractivity contribution is 6.68. The van der Waals surface area contributed by atoms with Gasteiger partial charge in [0.25, 0.3) is 0 Å². The van der Waals surface area contributed by atoms with Crippen molar-refractivity contribution in [2.75, 3.05) is 0 Å². The van der Waals surface area contributed by atoms with Gasteiger partial charge in [0.05, 0.1) is 0 Å². The third-order valence-electron chi connectivity index (χ3n) is 2.00. The molecule has 0 radical (unpaired) electrons. The van der Waals surface area contributed by atoms with Crippen LogP contribution in [-0.4, -0.2) is 11.4 Å². The number of dihydropyridines is 1. The van der Waals surface area contributed by atoms with Crippen molar-refractivity contribution in [2.45, 2.75) is 6.42 Å². The normalized spacial score (nSPS) is 19.8. The summed E-state index contributed by atoms with van der Waals surface area (Å²) in [5.74, 6) is 0. The Morgan fingerprint density at radius 2 is 2.06 bits per heavy atom. The van der Waals surface area contributed by atoms with Gasteiger partial charge in [0.2, 0.25) is 0 Å². The fourth-order valence-corrected chi connectivity index (χ4v) is 1.42. The number of rotatable bonds is 3. The zero-order valence-corrected chi connectivity index (χ0v) is 9.41. The zero-order chi connectivity index (χ0) is 12.0. The van der Waals surface area contributed by atoms with Gasteiger partial charge in [0.1, 0.15) is 5.17 Å². The first-order chi connectivity index (χ1) is 7.71. The quantitative estimate of drug-likeness (QED) is 0.515. The van der Waals surface area contributed by atoms with E-state index in [4.69, 9.17) is 28.5 Å². The lowest BCUT2D eigenvalue weighted by atomic mass is 10.1. The molecule has 0 saturated carbocycles. The number of nitrogens with one attached hydrogen (secondary N) is 1. The highest BCUT2D eigenvalue weighted by Crippen LogP contribution is 2.17. The summed E-state index contributed by atoms with van der Waals surface area (Å²) in [4.78, 5) is 4.14. The van der Waals surface area contributed by atoms with Gasteiger partial charge in [-0.3, -0.25) is 0 Å². The Labute approximate surface area is 99.2 Å². The molecule has 0 unspecified atom stereocenters. The van der Waals surface area contributed by atoms with Crippen molar-refractivity contribution in [3.05, 3.63) is 47.5 Å². The molecule has 0 fully saturated rings. The van der Waals surface area contributed by atoms with Crippen molar-refractivity contribution in [2.24, 2.45) is 16.5 Å². The van der Waals surface area contributed by atoms with Crippen LogP contribution in [0.25, 0.3) is 0 Å². The van der Waals surface area contributed by atoms with Gasteiger partial charge in [-0.25, -0.2) is 4.99 Å². The van der Waals surface area contributed by atoms with Crippen molar-refractivity contribution < 1.29 is 0 Å². The minimum Gasteiger partial charge on any atom is -0.404 e. The van der Waals surface area contributed by atoms with Gasteiger partial charge in [-0.2, -0.15) is 0 Å². The Kier molecular flexibility index (Phi) is 4.54. The Bertz CT molecular complexity index is 427. The van der Waals surface area contributed by atoms with Crippen molar-refractivity contribution in [1.29, 1.82) is 5.41 Å². The van der Waals surface area contributed by atoms with Crippen LogP contribution < -0.4 is 11.5 Å². The molecule has 0 aromatic rings. The molecule has 5 heteroatoms. The topological polar surface area (TPSA) is 88.2 Å². The van der Waals surface area contributed by atoms with Gasteiger partial charge in [0.15, 0.2) is 0 Å². The van der Waals surface area contributed by atoms with Crippen molar-refractivity contribution in [1.82, 2.24) is 0 Å². The summed E-state index contributed by atoms with van der Waals surface area (Å²) in [6, 6.07) is 0. The molecule has 4 nitrogen and oxygen atoms in total. The Hall–Kier alpha value is -1.81. The van der Waals surface area contributed by atoms with E-state index in [1.165, 1.54) is 12.4 Å². The standard InChI is InChI=1S/C11H13ClN4/c12-11-3-1-2-10(16-11)4-8(5-13)9(6-14)7-15/h1,3-7,14H,2,13,15H2/b8-5+,9-7+,10-4+,14-6?. The predicted octanol–water partition coefficient (Wildman–Crippen LogP) is 1.80. The van der Waals surface area contributed by atoms with E-state index in [2.05, 4.69) is 4.99 Å². The maximum Gasteiger partial charge on any atom is 0.129 e. The second-order valence-electron chi connectivity index (χ2n) is 3.07. The Morgan fingerprint density at radius 3 is 2.56 bits per heavy atom. The molecule has 16 heavy (non-hydrogen) atoms. The summed E-state index contributed by atoms with van der Waals surface area (Å²) < 4.78 is 0. The molecule has 5 N–H and O–H groups in total. The number of nitrogens with two attached hydrogens (primary N) is 2. The SMILES string of the molecule is N=CC(=C\N)/C(/C=C1\CC=CC(Cl)=N1)=C/N. The molecule has 0 aromatic heterocycles. The lowest BCUT2D eigenvalue weighted by Crippen LogP contribution is -1.98. The first kappa shape index (κ1) is 12.3. The predicted molar refractivity (Wildman–Crippen MR) is 68.5 cm³/mol. The summed E-state index contributed by atoms with van der Waals surface area (Å²) in [5, 5.41) is 7.61. The van der Waals surface area contributed by atoms with Gasteiger partial charge in [0, 0.05) is 41.9 Å². The summed E-state index contributed by atoms with van der Waals surface area (Å²) in [6.07, 6.45) is 9.94. The molecule has 0 saturated heterocycles. The lowest BCUT2D eigenvalue weighted by molar-refractivity contribution is 1.14. The van der Waals surface area contributed by atoms with Gasteiger partial charge < -0.3 is 16.9 Å². The molecule has 1 heterocycles. The van der Waals surface area contributed by atoms with Crippen molar-refractivity contribution in [3.63, 3.8) is 0 Å². The summed E-state index contributed by atoms with van der Waals surface area (Å²) in [5.41, 5.74) is 12.8. The monoisotopic (exact) mass is 236 g/mol. The van der Waals surface area contributed by atoms with Crippen molar-refractivity contribution >= 4 is 23.0 Å². The average molecular weight is 237 g/mol. The number of aliphatic imine (C=N–C) groups is 1. The second-order valence-corrected chi connectivity index (χ2v) is 3.45. The number of nitrogens with zero attached hydrogens (tertiary/aromatic N) is 1. The molecule has 1 aliphatic rings. The molecule has 0 bridgehead atoms. The van der Waals surface area contributed by atoms with Crippen LogP contribution in [0.2, 0.25) is 0 Å². The Balaban J connectivity index is 2.98. The molecule has 0 atom stereocenters. The summed E-state index contributed by atoms with van der Waals surface area (Å²) >= 11 is 5.77. The van der Waals surface area contributed by atoms with Crippen molar-refractivity contribution in [3.8, 4) is 0 Å². The van der Waals surface area contributed by atoms with E-state index < -0.39 is 0 Å². The fourth-order valence-electron chi connectivity index (χ4n) is 1.22. The maximum absolute atomic E-state index is 7.18. The minimum atomic E-state index is 0.432. The number of halogens is 1. The smallest absolute Gasteiger partial charge is 0.129 e. The van der Waals surface area contributed by atoms with Crippen LogP contribution in [0, 0.1) is 5.41 Å². The molecule has 0 aliphatic carbocycles. The van der Waals surface area contributed by atoms with E-state index in [-0.39, 0.29) is 0 Å². The van der Waals surface area contributed by atoms with Gasteiger partial charge in [-0.05, 0) is 12.2 Å². The molecular formula is C11H13ClN4. The largest absolute Gasteiger partial charge is 0.404 e. The fraction of sp³-hybridized carbons (Fsp3) is 0.0909. The Morgan fingerprint density at radius 1 is 1.38 bits per heavy atom. The molecule has 84 valence electrons. The highest BCUT2D eigenvalue weighted by atomic mass is 35.5. The molecule has 0 spiro atoms. The third kappa shape index (κ3) is 3.10. The molecular weight excluding hydrogens is 224 g/mol. The van der Waals surface area contributed by atoms with Crippen LogP contribution in [0.3, 0.4) is 0 Å². The van der Waals surface area contributed by atoms with Gasteiger partial charge in [-0.15, -0.1) is 0 Å². The van der Waals surface area contributed by atoms with Gasteiger partial charge >= 0.3 is 0 Å². The molecule has 1 rings (SSSR count). The van der Waals surface area contributed by atoms with E-state index in [9.17, 15) is 0 Å². The van der Waals surface area contributed by atoms with E-state index >= 15 is 0 Å². The van der Waals surface area contributed by atoms with Crippen LogP contribution in [-0.2, 0) is 0 Å². The third-order valence-corrected chi connectivity index (χ3v) is 2.21. The van der Waals surface area contributed by atoms with E-state index in [1.54, 1.807) is 12.2 Å². The number of hydrogen-bond donors (Lipinski definition) is 3. The van der Waals surface area contributed by atoms with Gasteiger partial charge in [-0.1, -0.05) is 17.7 Å². The van der Waals surface area contributed by atoms with Crippen LogP contribution >= 0.6 is 11.6 Å². The lowest BCUT2D eigenvalue weighted by Gasteiger charge is -2.06. The number of hydrogen-bond acceptors (Lipinski definition) is 4. The number of allylic oxidation sites excluding steroid dienone is 5. The minimum absolute atomic E-state index is 0.432. The first-order valence-electron chi connectivity index (χ1n) is 4.67. The van der Waals surface area contributed by atoms with Crippen LogP contribution in [0.1, 0.15) is 6.42 Å². The van der Waals surface area contributed by atoms with E-state index in [1.807, 2.05) is 6.08 Å². The van der Waals surface area contributed by atoms with Crippen LogP contribution in [0.5, 0.6) is 0 Å². The van der Waals surface area contributed by atoms with E-state index in [0.717, 1.165) is 11.9 Å². The average Bonchev–Trinajstić information content (AvgIpc) is 2.29. The van der Waals surface area contributed by atoms with Crippen LogP contribution in [0.15, 0.2) is 52.5 Å². The van der Waals surface area contributed by atoms with Crippen LogP contribution in [0.4, 0.5) is 0 Å². The second kappa shape index (κ2) is 5.92. The molecule has 0 aromatic carbocycles. The van der Waals surface area contributed by atoms with E-state index in [0.29, 0.717) is 22.7 Å². The molecule has 1 aliphatic heterocycles. The maximum atomic E-state index is 7.18. The molecule has 0 amide bonds. The summed E-state index contributed by atoms with van der Waals surface area (Å²) in [7, 11) is 0. The first-order valence-corrected chi connectivity index (χ1v) is 5.05.